The summed E-state index contributed by atoms with van der Waals surface area (Å²) in [4.78, 5) is 16.7. The molecule has 0 atom stereocenters. The predicted molar refractivity (Wildman–Crippen MR) is 80.7 cm³/mol. The van der Waals surface area contributed by atoms with Crippen LogP contribution in [-0.4, -0.2) is 57.3 Å². The minimum absolute atomic E-state index is 0.230. The van der Waals surface area contributed by atoms with E-state index in [9.17, 15) is 4.79 Å². The molecule has 5 nitrogen and oxygen atoms in total. The molecule has 1 aromatic rings. The van der Waals surface area contributed by atoms with Crippen molar-refractivity contribution < 1.29 is 14.3 Å². The number of carbonyl (C=O) groups is 1. The Labute approximate surface area is 125 Å². The average molecular weight is 290 g/mol. The van der Waals surface area contributed by atoms with Crippen molar-refractivity contribution in [3.8, 4) is 5.75 Å². The molecule has 0 radical (unpaired) electrons. The number of benzene rings is 1. The standard InChI is InChI=1S/C16H22N2O3/c1-16(11-21-12-16)15(19)18-9-7-17(8-10-18)13-5-3-4-6-14(13)20-2/h3-6H,7-12H2,1-2H3. The number of rotatable bonds is 3. The van der Waals surface area contributed by atoms with Gasteiger partial charge in [0.05, 0.1) is 31.4 Å². The maximum Gasteiger partial charge on any atom is 0.233 e. The lowest BCUT2D eigenvalue weighted by atomic mass is 9.86. The van der Waals surface area contributed by atoms with Crippen LogP contribution in [0.3, 0.4) is 0 Å². The summed E-state index contributed by atoms with van der Waals surface area (Å²) in [7, 11) is 1.69. The SMILES string of the molecule is COc1ccccc1N1CCN(C(=O)C2(C)COC2)CC1. The van der Waals surface area contributed by atoms with Crippen LogP contribution in [0.2, 0.25) is 0 Å². The van der Waals surface area contributed by atoms with Gasteiger partial charge in [0.15, 0.2) is 0 Å². The first-order valence-electron chi connectivity index (χ1n) is 7.39. The van der Waals surface area contributed by atoms with Gasteiger partial charge in [0.1, 0.15) is 5.75 Å². The number of hydrogen-bond acceptors (Lipinski definition) is 4. The van der Waals surface area contributed by atoms with E-state index in [2.05, 4.69) is 11.0 Å². The van der Waals surface area contributed by atoms with E-state index >= 15 is 0 Å². The van der Waals surface area contributed by atoms with Crippen LogP contribution in [-0.2, 0) is 9.53 Å². The number of para-hydroxylation sites is 2. The molecule has 2 heterocycles. The van der Waals surface area contributed by atoms with E-state index < -0.39 is 0 Å². The lowest BCUT2D eigenvalue weighted by Crippen LogP contribution is -2.58. The molecule has 1 aromatic carbocycles. The summed E-state index contributed by atoms with van der Waals surface area (Å²) >= 11 is 0. The Morgan fingerprint density at radius 2 is 1.86 bits per heavy atom. The van der Waals surface area contributed by atoms with Gasteiger partial charge in [-0.15, -0.1) is 0 Å². The van der Waals surface area contributed by atoms with E-state index in [0.29, 0.717) is 13.2 Å². The van der Waals surface area contributed by atoms with Crippen molar-refractivity contribution in [2.75, 3.05) is 51.4 Å². The Morgan fingerprint density at radius 3 is 2.43 bits per heavy atom. The number of amides is 1. The molecule has 0 aromatic heterocycles. The number of nitrogens with zero attached hydrogens (tertiary/aromatic N) is 2. The number of ether oxygens (including phenoxy) is 2. The van der Waals surface area contributed by atoms with Gasteiger partial charge in [-0.05, 0) is 19.1 Å². The predicted octanol–water partition coefficient (Wildman–Crippen LogP) is 1.38. The van der Waals surface area contributed by atoms with Gasteiger partial charge >= 0.3 is 0 Å². The fourth-order valence-electron chi connectivity index (χ4n) is 2.95. The first-order valence-corrected chi connectivity index (χ1v) is 7.39. The second-order valence-corrected chi connectivity index (χ2v) is 6.00. The lowest BCUT2D eigenvalue weighted by molar-refractivity contribution is -0.169. The largest absolute Gasteiger partial charge is 0.495 e. The summed E-state index contributed by atoms with van der Waals surface area (Å²) in [6.07, 6.45) is 0. The summed E-state index contributed by atoms with van der Waals surface area (Å²) in [6, 6.07) is 8.03. The highest BCUT2D eigenvalue weighted by Gasteiger charge is 2.44. The molecule has 0 spiro atoms. The van der Waals surface area contributed by atoms with Gasteiger partial charge in [-0.25, -0.2) is 0 Å². The number of hydrogen-bond donors (Lipinski definition) is 0. The zero-order valence-electron chi connectivity index (χ0n) is 12.7. The van der Waals surface area contributed by atoms with E-state index in [4.69, 9.17) is 9.47 Å². The molecule has 2 fully saturated rings. The van der Waals surface area contributed by atoms with E-state index in [1.165, 1.54) is 0 Å². The van der Waals surface area contributed by atoms with Crippen molar-refractivity contribution in [1.82, 2.24) is 4.90 Å². The van der Waals surface area contributed by atoms with E-state index in [1.54, 1.807) is 7.11 Å². The molecule has 2 aliphatic rings. The van der Waals surface area contributed by atoms with Crippen LogP contribution in [0.1, 0.15) is 6.92 Å². The summed E-state index contributed by atoms with van der Waals surface area (Å²) in [5.41, 5.74) is 0.803. The van der Waals surface area contributed by atoms with Crippen molar-refractivity contribution >= 4 is 11.6 Å². The highest BCUT2D eigenvalue weighted by atomic mass is 16.5. The quantitative estimate of drug-likeness (QED) is 0.843. The Balaban J connectivity index is 1.64. The number of piperazine rings is 1. The van der Waals surface area contributed by atoms with Crippen molar-refractivity contribution in [1.29, 1.82) is 0 Å². The maximum absolute atomic E-state index is 12.5. The average Bonchev–Trinajstić information content (AvgIpc) is 2.52. The number of carbonyl (C=O) groups excluding carboxylic acids is 1. The molecule has 1 amide bonds. The molecule has 0 N–H and O–H groups in total. The minimum Gasteiger partial charge on any atom is -0.495 e. The lowest BCUT2D eigenvalue weighted by Gasteiger charge is -2.43. The fourth-order valence-corrected chi connectivity index (χ4v) is 2.95. The minimum atomic E-state index is -0.299. The summed E-state index contributed by atoms with van der Waals surface area (Å²) in [5.74, 6) is 1.12. The van der Waals surface area contributed by atoms with E-state index in [1.807, 2.05) is 30.0 Å². The third-order valence-corrected chi connectivity index (χ3v) is 4.35. The van der Waals surface area contributed by atoms with Gasteiger partial charge in [0, 0.05) is 26.2 Å². The zero-order valence-corrected chi connectivity index (χ0v) is 12.7. The van der Waals surface area contributed by atoms with Crippen LogP contribution < -0.4 is 9.64 Å². The van der Waals surface area contributed by atoms with Gasteiger partial charge in [0.25, 0.3) is 0 Å². The Kier molecular flexibility index (Phi) is 3.76. The maximum atomic E-state index is 12.5. The molecule has 2 aliphatic heterocycles. The third kappa shape index (κ3) is 2.58. The summed E-state index contributed by atoms with van der Waals surface area (Å²) in [6.45, 7) is 6.29. The molecule has 3 rings (SSSR count). The monoisotopic (exact) mass is 290 g/mol. The van der Waals surface area contributed by atoms with Crippen LogP contribution in [0.4, 0.5) is 5.69 Å². The zero-order chi connectivity index (χ0) is 14.9. The first-order chi connectivity index (χ1) is 10.1. The Bertz CT molecular complexity index is 520. The molecule has 21 heavy (non-hydrogen) atoms. The van der Waals surface area contributed by atoms with E-state index in [0.717, 1.165) is 37.6 Å². The van der Waals surface area contributed by atoms with Gasteiger partial charge in [-0.1, -0.05) is 12.1 Å². The molecule has 114 valence electrons. The summed E-state index contributed by atoms with van der Waals surface area (Å²) in [5, 5.41) is 0. The van der Waals surface area contributed by atoms with Crippen LogP contribution in [0.25, 0.3) is 0 Å². The highest BCUT2D eigenvalue weighted by Crippen LogP contribution is 2.31. The molecule has 0 saturated carbocycles. The summed E-state index contributed by atoms with van der Waals surface area (Å²) < 4.78 is 10.6. The third-order valence-electron chi connectivity index (χ3n) is 4.35. The second-order valence-electron chi connectivity index (χ2n) is 6.00. The molecular formula is C16H22N2O3. The highest BCUT2D eigenvalue weighted by molar-refractivity contribution is 5.83. The van der Waals surface area contributed by atoms with Crippen molar-refractivity contribution in [3.63, 3.8) is 0 Å². The van der Waals surface area contributed by atoms with Crippen LogP contribution in [0.15, 0.2) is 24.3 Å². The number of anilines is 1. The van der Waals surface area contributed by atoms with Gasteiger partial charge in [-0.2, -0.15) is 0 Å². The smallest absolute Gasteiger partial charge is 0.233 e. The number of methoxy groups -OCH3 is 1. The Morgan fingerprint density at radius 1 is 1.19 bits per heavy atom. The fraction of sp³-hybridized carbons (Fsp3) is 0.562. The first kappa shape index (κ1) is 14.2. The van der Waals surface area contributed by atoms with Crippen LogP contribution in [0, 0.1) is 5.41 Å². The Hall–Kier alpha value is -1.75. The van der Waals surface area contributed by atoms with Crippen LogP contribution >= 0.6 is 0 Å². The van der Waals surface area contributed by atoms with Gasteiger partial charge < -0.3 is 19.3 Å². The molecule has 0 unspecified atom stereocenters. The van der Waals surface area contributed by atoms with Crippen LogP contribution in [0.5, 0.6) is 5.75 Å². The van der Waals surface area contributed by atoms with Crippen molar-refractivity contribution in [2.24, 2.45) is 5.41 Å². The molecule has 2 saturated heterocycles. The molecule has 0 bridgehead atoms. The second kappa shape index (κ2) is 5.56. The van der Waals surface area contributed by atoms with Gasteiger partial charge in [0.2, 0.25) is 5.91 Å². The molecule has 0 aliphatic carbocycles. The topological polar surface area (TPSA) is 42.0 Å². The molecule has 5 heteroatoms. The van der Waals surface area contributed by atoms with Crippen molar-refractivity contribution in [2.45, 2.75) is 6.92 Å². The van der Waals surface area contributed by atoms with Gasteiger partial charge in [-0.3, -0.25) is 4.79 Å². The molecular weight excluding hydrogens is 268 g/mol. The normalized spacial score (nSPS) is 20.9. The van der Waals surface area contributed by atoms with Crippen molar-refractivity contribution in [3.05, 3.63) is 24.3 Å². The van der Waals surface area contributed by atoms with E-state index in [-0.39, 0.29) is 11.3 Å².